The van der Waals surface area contributed by atoms with Gasteiger partial charge in [-0.2, -0.15) is 13.2 Å². The lowest BCUT2D eigenvalue weighted by atomic mass is 10.1. The van der Waals surface area contributed by atoms with Crippen LogP contribution in [0.1, 0.15) is 33.6 Å². The van der Waals surface area contributed by atoms with E-state index in [0.717, 1.165) is 6.42 Å². The second-order valence-electron chi connectivity index (χ2n) is 4.51. The molecule has 0 saturated carbocycles. The Morgan fingerprint density at radius 3 is 2.31 bits per heavy atom. The second kappa shape index (κ2) is 7.90. The maximum absolute atomic E-state index is 11.7. The minimum atomic E-state index is -4.21. The van der Waals surface area contributed by atoms with Gasteiger partial charge in [0.25, 0.3) is 0 Å². The summed E-state index contributed by atoms with van der Waals surface area (Å²) in [4.78, 5) is 0. The fourth-order valence-corrected chi connectivity index (χ4v) is 1.50. The van der Waals surface area contributed by atoms with Crippen molar-refractivity contribution in [3.63, 3.8) is 0 Å². The first-order valence-corrected chi connectivity index (χ1v) is 5.69. The lowest BCUT2D eigenvalue weighted by Crippen LogP contribution is -2.29. The van der Waals surface area contributed by atoms with Crippen molar-refractivity contribution in [2.75, 3.05) is 19.8 Å². The Morgan fingerprint density at radius 2 is 1.81 bits per heavy atom. The molecule has 0 saturated heterocycles. The standard InChI is InChI=1S/C11H22F3NO/c1-9(2)7-10(3)15-5-4-6-16-8-11(12,13)14/h9-10,15H,4-8H2,1-3H3. The minimum absolute atomic E-state index is 0.154. The highest BCUT2D eigenvalue weighted by molar-refractivity contribution is 4.62. The molecule has 0 heterocycles. The number of alkyl halides is 3. The highest BCUT2D eigenvalue weighted by Gasteiger charge is 2.27. The molecular weight excluding hydrogens is 219 g/mol. The Labute approximate surface area is 95.5 Å². The smallest absolute Gasteiger partial charge is 0.372 e. The summed E-state index contributed by atoms with van der Waals surface area (Å²) < 4.78 is 39.6. The molecule has 1 atom stereocenters. The van der Waals surface area contributed by atoms with E-state index in [1.807, 2.05) is 0 Å². The molecule has 0 bridgehead atoms. The van der Waals surface area contributed by atoms with Gasteiger partial charge in [0.1, 0.15) is 6.61 Å². The molecule has 0 rings (SSSR count). The number of ether oxygens (including phenoxy) is 1. The molecule has 98 valence electrons. The first kappa shape index (κ1) is 15.7. The van der Waals surface area contributed by atoms with Crippen molar-refractivity contribution >= 4 is 0 Å². The summed E-state index contributed by atoms with van der Waals surface area (Å²) in [5, 5.41) is 3.25. The third-order valence-corrected chi connectivity index (χ3v) is 2.05. The third kappa shape index (κ3) is 11.8. The summed E-state index contributed by atoms with van der Waals surface area (Å²) in [5.74, 6) is 0.629. The SMILES string of the molecule is CC(C)CC(C)NCCCOCC(F)(F)F. The second-order valence-corrected chi connectivity index (χ2v) is 4.51. The van der Waals surface area contributed by atoms with Crippen LogP contribution in [0.3, 0.4) is 0 Å². The number of hydrogen-bond acceptors (Lipinski definition) is 2. The van der Waals surface area contributed by atoms with Crippen molar-refractivity contribution in [3.05, 3.63) is 0 Å². The van der Waals surface area contributed by atoms with Crippen LogP contribution >= 0.6 is 0 Å². The monoisotopic (exact) mass is 241 g/mol. The molecule has 0 aliphatic carbocycles. The number of nitrogens with one attached hydrogen (secondary N) is 1. The van der Waals surface area contributed by atoms with Crippen LogP contribution in [0.2, 0.25) is 0 Å². The normalized spacial score (nSPS) is 14.4. The van der Waals surface area contributed by atoms with E-state index >= 15 is 0 Å². The molecule has 5 heteroatoms. The molecular formula is C11H22F3NO. The summed E-state index contributed by atoms with van der Waals surface area (Å²) in [6.07, 6.45) is -2.53. The number of rotatable bonds is 8. The zero-order chi connectivity index (χ0) is 12.6. The van der Waals surface area contributed by atoms with Gasteiger partial charge in [-0.1, -0.05) is 13.8 Å². The maximum Gasteiger partial charge on any atom is 0.411 e. The summed E-state index contributed by atoms with van der Waals surface area (Å²) in [5.41, 5.74) is 0. The number of hydrogen-bond donors (Lipinski definition) is 1. The molecule has 0 fully saturated rings. The van der Waals surface area contributed by atoms with Crippen LogP contribution in [0, 0.1) is 5.92 Å². The van der Waals surface area contributed by atoms with Crippen molar-refractivity contribution in [1.82, 2.24) is 5.32 Å². The maximum atomic E-state index is 11.7. The first-order valence-electron chi connectivity index (χ1n) is 5.69. The lowest BCUT2D eigenvalue weighted by molar-refractivity contribution is -0.173. The Kier molecular flexibility index (Phi) is 7.76. The topological polar surface area (TPSA) is 21.3 Å². The predicted octanol–water partition coefficient (Wildman–Crippen LogP) is 2.98. The van der Waals surface area contributed by atoms with Gasteiger partial charge >= 0.3 is 6.18 Å². The van der Waals surface area contributed by atoms with Gasteiger partial charge in [-0.15, -0.1) is 0 Å². The van der Waals surface area contributed by atoms with Crippen LogP contribution in [0.15, 0.2) is 0 Å². The van der Waals surface area contributed by atoms with Crippen LogP contribution in [-0.2, 0) is 4.74 Å². The first-order chi connectivity index (χ1) is 7.31. The van der Waals surface area contributed by atoms with E-state index in [-0.39, 0.29) is 6.61 Å². The molecule has 0 radical (unpaired) electrons. The van der Waals surface area contributed by atoms with Crippen molar-refractivity contribution in [2.45, 2.75) is 45.8 Å². The van der Waals surface area contributed by atoms with Gasteiger partial charge in [0.05, 0.1) is 0 Å². The van der Waals surface area contributed by atoms with Gasteiger partial charge in [0.15, 0.2) is 0 Å². The van der Waals surface area contributed by atoms with Gasteiger partial charge in [0.2, 0.25) is 0 Å². The van der Waals surface area contributed by atoms with Crippen molar-refractivity contribution in [2.24, 2.45) is 5.92 Å². The van der Waals surface area contributed by atoms with Crippen molar-refractivity contribution in [1.29, 1.82) is 0 Å². The molecule has 1 N–H and O–H groups in total. The van der Waals surface area contributed by atoms with Crippen LogP contribution in [0.4, 0.5) is 13.2 Å². The molecule has 0 aliphatic heterocycles. The molecule has 0 aliphatic rings. The predicted molar refractivity (Wildman–Crippen MR) is 58.4 cm³/mol. The van der Waals surface area contributed by atoms with E-state index in [2.05, 4.69) is 30.8 Å². The largest absolute Gasteiger partial charge is 0.411 e. The Balaban J connectivity index is 3.27. The average molecular weight is 241 g/mol. The van der Waals surface area contributed by atoms with Gasteiger partial charge in [0, 0.05) is 12.6 Å². The highest BCUT2D eigenvalue weighted by atomic mass is 19.4. The van der Waals surface area contributed by atoms with E-state index in [9.17, 15) is 13.2 Å². The number of halogens is 3. The fraction of sp³-hybridized carbons (Fsp3) is 1.00. The van der Waals surface area contributed by atoms with E-state index in [0.29, 0.717) is 24.9 Å². The van der Waals surface area contributed by atoms with Gasteiger partial charge < -0.3 is 10.1 Å². The van der Waals surface area contributed by atoms with Gasteiger partial charge in [-0.05, 0) is 32.2 Å². The molecule has 16 heavy (non-hydrogen) atoms. The molecule has 1 unspecified atom stereocenters. The van der Waals surface area contributed by atoms with E-state index in [4.69, 9.17) is 0 Å². The van der Waals surface area contributed by atoms with Crippen LogP contribution < -0.4 is 5.32 Å². The Bertz CT molecular complexity index is 171. The van der Waals surface area contributed by atoms with E-state index in [1.54, 1.807) is 0 Å². The quantitative estimate of drug-likeness (QED) is 0.660. The van der Waals surface area contributed by atoms with Crippen molar-refractivity contribution in [3.8, 4) is 0 Å². The Morgan fingerprint density at radius 1 is 1.19 bits per heavy atom. The van der Waals surface area contributed by atoms with E-state index < -0.39 is 12.8 Å². The van der Waals surface area contributed by atoms with Crippen LogP contribution in [-0.4, -0.2) is 32.0 Å². The summed E-state index contributed by atoms with van der Waals surface area (Å²) in [7, 11) is 0. The molecule has 0 aromatic carbocycles. The Hall–Kier alpha value is -0.290. The minimum Gasteiger partial charge on any atom is -0.372 e. The average Bonchev–Trinajstić information content (AvgIpc) is 2.07. The summed E-state index contributed by atoms with van der Waals surface area (Å²) in [6, 6.07) is 0.405. The van der Waals surface area contributed by atoms with Gasteiger partial charge in [-0.25, -0.2) is 0 Å². The van der Waals surface area contributed by atoms with Gasteiger partial charge in [-0.3, -0.25) is 0 Å². The molecule has 0 amide bonds. The zero-order valence-electron chi connectivity index (χ0n) is 10.2. The fourth-order valence-electron chi connectivity index (χ4n) is 1.50. The van der Waals surface area contributed by atoms with E-state index in [1.165, 1.54) is 0 Å². The zero-order valence-corrected chi connectivity index (χ0v) is 10.2. The molecule has 0 aromatic rings. The molecule has 0 spiro atoms. The van der Waals surface area contributed by atoms with Crippen LogP contribution in [0.5, 0.6) is 0 Å². The summed E-state index contributed by atoms with van der Waals surface area (Å²) >= 11 is 0. The van der Waals surface area contributed by atoms with Crippen LogP contribution in [0.25, 0.3) is 0 Å². The lowest BCUT2D eigenvalue weighted by Gasteiger charge is -2.15. The van der Waals surface area contributed by atoms with Crippen molar-refractivity contribution < 1.29 is 17.9 Å². The third-order valence-electron chi connectivity index (χ3n) is 2.05. The summed E-state index contributed by atoms with van der Waals surface area (Å²) in [6.45, 7) is 6.08. The molecule has 2 nitrogen and oxygen atoms in total. The highest BCUT2D eigenvalue weighted by Crippen LogP contribution is 2.14. The molecule has 0 aromatic heterocycles.